The Morgan fingerprint density at radius 2 is 1.79 bits per heavy atom. The molecule has 28 heavy (non-hydrogen) atoms. The average molecular weight is 434 g/mol. The fraction of sp³-hybridized carbons (Fsp3) is 0.235. The van der Waals surface area contributed by atoms with Gasteiger partial charge in [0.25, 0.3) is 0 Å². The Balaban J connectivity index is 1.97. The van der Waals surface area contributed by atoms with Gasteiger partial charge in [0.1, 0.15) is 16.4 Å². The molecule has 0 bridgehead atoms. The molecule has 0 amide bonds. The van der Waals surface area contributed by atoms with Gasteiger partial charge < -0.3 is 4.52 Å². The quantitative estimate of drug-likeness (QED) is 0.593. The molecule has 0 saturated carbocycles. The van der Waals surface area contributed by atoms with Crippen molar-refractivity contribution in [3.8, 4) is 11.3 Å². The van der Waals surface area contributed by atoms with Crippen molar-refractivity contribution in [2.24, 2.45) is 0 Å². The molecule has 1 aromatic carbocycles. The highest BCUT2D eigenvalue weighted by atomic mass is 32.2. The van der Waals surface area contributed by atoms with Crippen LogP contribution in [0.4, 0.5) is 17.6 Å². The molecular weight excluding hydrogens is 420 g/mol. The summed E-state index contributed by atoms with van der Waals surface area (Å²) in [5.74, 6) is -1.77. The van der Waals surface area contributed by atoms with Crippen LogP contribution in [0.25, 0.3) is 11.3 Å². The fourth-order valence-electron chi connectivity index (χ4n) is 2.66. The summed E-state index contributed by atoms with van der Waals surface area (Å²) in [6.45, 7) is 3.04. The SMILES string of the molecule is Cc1sc(C)c(S(=O)(=O)NCc2ccc(F)cc2)c1-c1cc(C(F)(F)F)on1. The Labute approximate surface area is 162 Å². The fourth-order valence-corrected chi connectivity index (χ4v) is 5.55. The summed E-state index contributed by atoms with van der Waals surface area (Å²) in [6.07, 6.45) is -4.73. The van der Waals surface area contributed by atoms with Crippen LogP contribution in [0.1, 0.15) is 21.1 Å². The van der Waals surface area contributed by atoms with E-state index >= 15 is 0 Å². The third-order valence-corrected chi connectivity index (χ3v) is 6.62. The van der Waals surface area contributed by atoms with Gasteiger partial charge in [-0.1, -0.05) is 17.3 Å². The van der Waals surface area contributed by atoms with Crippen molar-refractivity contribution in [3.63, 3.8) is 0 Å². The number of hydrogen-bond donors (Lipinski definition) is 1. The average Bonchev–Trinajstić information content (AvgIpc) is 3.18. The van der Waals surface area contributed by atoms with E-state index in [0.717, 1.165) is 11.3 Å². The highest BCUT2D eigenvalue weighted by molar-refractivity contribution is 7.89. The van der Waals surface area contributed by atoms with Gasteiger partial charge in [0.2, 0.25) is 15.8 Å². The van der Waals surface area contributed by atoms with Gasteiger partial charge in [0.05, 0.1) is 0 Å². The second-order valence-corrected chi connectivity index (χ2v) is 9.08. The first-order valence-corrected chi connectivity index (χ1v) is 10.2. The maximum Gasteiger partial charge on any atom is 0.452 e. The number of thiophene rings is 1. The molecule has 150 valence electrons. The molecule has 0 spiro atoms. The first-order chi connectivity index (χ1) is 13.0. The van der Waals surface area contributed by atoms with Gasteiger partial charge >= 0.3 is 6.18 Å². The zero-order chi connectivity index (χ0) is 20.7. The Hall–Kier alpha value is -2.24. The lowest BCUT2D eigenvalue weighted by molar-refractivity contribution is -0.155. The summed E-state index contributed by atoms with van der Waals surface area (Å²) < 4.78 is 83.8. The Morgan fingerprint density at radius 1 is 1.14 bits per heavy atom. The maximum absolute atomic E-state index is 13.0. The number of aryl methyl sites for hydroxylation is 2. The third kappa shape index (κ3) is 4.10. The molecule has 0 aliphatic carbocycles. The normalized spacial score (nSPS) is 12.5. The van der Waals surface area contributed by atoms with Crippen LogP contribution in [-0.4, -0.2) is 13.6 Å². The van der Waals surface area contributed by atoms with Gasteiger partial charge in [-0.2, -0.15) is 13.2 Å². The highest BCUT2D eigenvalue weighted by Crippen LogP contribution is 2.40. The van der Waals surface area contributed by atoms with E-state index in [2.05, 4.69) is 14.4 Å². The first kappa shape index (κ1) is 20.5. The van der Waals surface area contributed by atoms with Crippen LogP contribution in [0, 0.1) is 19.7 Å². The molecule has 0 aliphatic rings. The molecule has 0 atom stereocenters. The summed E-state index contributed by atoms with van der Waals surface area (Å²) in [7, 11) is -4.08. The summed E-state index contributed by atoms with van der Waals surface area (Å²) in [5.41, 5.74) is 0.376. The van der Waals surface area contributed by atoms with Crippen molar-refractivity contribution in [1.29, 1.82) is 0 Å². The van der Waals surface area contributed by atoms with Crippen LogP contribution < -0.4 is 4.72 Å². The molecule has 11 heteroatoms. The Bertz CT molecular complexity index is 1100. The van der Waals surface area contributed by atoms with E-state index in [-0.39, 0.29) is 22.7 Å². The minimum atomic E-state index is -4.73. The van der Waals surface area contributed by atoms with Gasteiger partial charge in [-0.3, -0.25) is 0 Å². The number of alkyl halides is 3. The van der Waals surface area contributed by atoms with Crippen LogP contribution >= 0.6 is 11.3 Å². The maximum atomic E-state index is 13.0. The van der Waals surface area contributed by atoms with Gasteiger partial charge in [-0.15, -0.1) is 11.3 Å². The number of rotatable bonds is 5. The molecular formula is C17H14F4N2O3S2. The zero-order valence-electron chi connectivity index (χ0n) is 14.6. The summed E-state index contributed by atoms with van der Waals surface area (Å²) >= 11 is 1.13. The van der Waals surface area contributed by atoms with E-state index in [9.17, 15) is 26.0 Å². The summed E-state index contributed by atoms with van der Waals surface area (Å²) in [6, 6.07) is 5.93. The molecule has 0 unspecified atom stereocenters. The molecule has 5 nitrogen and oxygen atoms in total. The largest absolute Gasteiger partial charge is 0.452 e. The predicted octanol–water partition coefficient (Wildman–Crippen LogP) is 4.66. The number of nitrogens with zero attached hydrogens (tertiary/aromatic N) is 1. The van der Waals surface area contributed by atoms with Crippen molar-refractivity contribution in [2.75, 3.05) is 0 Å². The number of benzene rings is 1. The second-order valence-electron chi connectivity index (χ2n) is 5.94. The van der Waals surface area contributed by atoms with Crippen molar-refractivity contribution in [3.05, 3.63) is 57.2 Å². The lowest BCUT2D eigenvalue weighted by Gasteiger charge is -2.09. The zero-order valence-corrected chi connectivity index (χ0v) is 16.2. The minimum Gasteiger partial charge on any atom is -0.351 e. The van der Waals surface area contributed by atoms with Crippen molar-refractivity contribution in [2.45, 2.75) is 31.5 Å². The van der Waals surface area contributed by atoms with E-state index in [1.165, 1.54) is 24.3 Å². The molecule has 0 saturated heterocycles. The van der Waals surface area contributed by atoms with Gasteiger partial charge in [0.15, 0.2) is 0 Å². The summed E-state index contributed by atoms with van der Waals surface area (Å²) in [4.78, 5) is 0.733. The van der Waals surface area contributed by atoms with Crippen LogP contribution in [0.5, 0.6) is 0 Å². The van der Waals surface area contributed by atoms with Crippen molar-refractivity contribution < 1.29 is 30.5 Å². The topological polar surface area (TPSA) is 72.2 Å². The molecule has 2 heterocycles. The molecule has 0 radical (unpaired) electrons. The van der Waals surface area contributed by atoms with Gasteiger partial charge in [0, 0.05) is 27.9 Å². The first-order valence-electron chi connectivity index (χ1n) is 7.87. The van der Waals surface area contributed by atoms with Gasteiger partial charge in [-0.25, -0.2) is 17.5 Å². The smallest absolute Gasteiger partial charge is 0.351 e. The highest BCUT2D eigenvalue weighted by Gasteiger charge is 2.37. The van der Waals surface area contributed by atoms with E-state index < -0.39 is 27.8 Å². The third-order valence-electron chi connectivity index (χ3n) is 3.90. The van der Waals surface area contributed by atoms with Gasteiger partial charge in [-0.05, 0) is 31.5 Å². The molecule has 0 fully saturated rings. The molecule has 3 rings (SSSR count). The molecule has 0 aliphatic heterocycles. The minimum absolute atomic E-state index is 0.0633. The van der Waals surface area contributed by atoms with Crippen LogP contribution in [0.2, 0.25) is 0 Å². The van der Waals surface area contributed by atoms with E-state index in [4.69, 9.17) is 0 Å². The summed E-state index contributed by atoms with van der Waals surface area (Å²) in [5, 5.41) is 3.41. The number of aromatic nitrogens is 1. The Morgan fingerprint density at radius 3 is 2.36 bits per heavy atom. The van der Waals surface area contributed by atoms with Crippen molar-refractivity contribution >= 4 is 21.4 Å². The van der Waals surface area contributed by atoms with Crippen molar-refractivity contribution in [1.82, 2.24) is 9.88 Å². The van der Waals surface area contributed by atoms with Crippen LogP contribution in [0.15, 0.2) is 39.8 Å². The molecule has 1 N–H and O–H groups in total. The Kier molecular flexibility index (Phi) is 5.34. The van der Waals surface area contributed by atoms with E-state index in [1.807, 2.05) is 0 Å². The number of hydrogen-bond acceptors (Lipinski definition) is 5. The predicted molar refractivity (Wildman–Crippen MR) is 94.7 cm³/mol. The van der Waals surface area contributed by atoms with Crippen LogP contribution in [-0.2, 0) is 22.7 Å². The standard InChI is InChI=1S/C17H14F4N2O3S2/c1-9-15(13-7-14(26-23-13)17(19,20)21)16(10(2)27-9)28(24,25)22-8-11-3-5-12(18)6-4-11/h3-7,22H,8H2,1-2H3. The van der Waals surface area contributed by atoms with Crippen LogP contribution in [0.3, 0.4) is 0 Å². The van der Waals surface area contributed by atoms with E-state index in [1.54, 1.807) is 13.8 Å². The lowest BCUT2D eigenvalue weighted by atomic mass is 10.1. The van der Waals surface area contributed by atoms with E-state index in [0.29, 0.717) is 21.4 Å². The lowest BCUT2D eigenvalue weighted by Crippen LogP contribution is -2.24. The second kappa shape index (κ2) is 7.30. The number of halogens is 4. The number of sulfonamides is 1. The molecule has 2 aromatic heterocycles. The monoisotopic (exact) mass is 434 g/mol. The molecule has 3 aromatic rings. The number of nitrogens with one attached hydrogen (secondary N) is 1.